The van der Waals surface area contributed by atoms with E-state index in [1.807, 2.05) is 5.32 Å². The molecule has 1 heterocycles. The summed E-state index contributed by atoms with van der Waals surface area (Å²) in [6.45, 7) is 1.24. The zero-order valence-electron chi connectivity index (χ0n) is 9.71. The fourth-order valence-corrected chi connectivity index (χ4v) is 1.73. The van der Waals surface area contributed by atoms with Crippen molar-refractivity contribution < 1.29 is 27.6 Å². The van der Waals surface area contributed by atoms with Crippen molar-refractivity contribution in [2.45, 2.75) is 38.4 Å². The number of halogens is 3. The molecule has 1 unspecified atom stereocenters. The maximum absolute atomic E-state index is 12.0. The van der Waals surface area contributed by atoms with Gasteiger partial charge in [0.1, 0.15) is 12.6 Å². The van der Waals surface area contributed by atoms with Gasteiger partial charge >= 0.3 is 6.18 Å². The van der Waals surface area contributed by atoms with Crippen LogP contribution in [0.5, 0.6) is 0 Å². The van der Waals surface area contributed by atoms with Crippen LogP contribution in [0.1, 0.15) is 26.2 Å². The van der Waals surface area contributed by atoms with Crippen molar-refractivity contribution in [3.8, 4) is 0 Å². The lowest BCUT2D eigenvalue weighted by Gasteiger charge is -2.33. The van der Waals surface area contributed by atoms with E-state index >= 15 is 0 Å². The fraction of sp³-hybridized carbons (Fsp3) is 0.700. The third-order valence-electron chi connectivity index (χ3n) is 2.58. The molecule has 3 amide bonds. The van der Waals surface area contributed by atoms with E-state index in [1.165, 1.54) is 0 Å². The van der Waals surface area contributed by atoms with Crippen molar-refractivity contribution in [1.29, 1.82) is 0 Å². The first-order valence-electron chi connectivity index (χ1n) is 5.44. The highest BCUT2D eigenvalue weighted by Crippen LogP contribution is 2.22. The van der Waals surface area contributed by atoms with Crippen LogP contribution in [0.2, 0.25) is 0 Å². The maximum atomic E-state index is 12.0. The van der Waals surface area contributed by atoms with Gasteiger partial charge in [-0.2, -0.15) is 13.2 Å². The molecular weight excluding hydrogens is 253 g/mol. The van der Waals surface area contributed by atoms with Crippen LogP contribution in [0, 0.1) is 0 Å². The van der Waals surface area contributed by atoms with Crippen molar-refractivity contribution in [1.82, 2.24) is 10.2 Å². The Balaban J connectivity index is 2.69. The molecule has 0 aromatic rings. The van der Waals surface area contributed by atoms with Crippen LogP contribution in [-0.2, 0) is 14.4 Å². The van der Waals surface area contributed by atoms with E-state index in [0.717, 1.165) is 4.90 Å². The van der Waals surface area contributed by atoms with Gasteiger partial charge in [0.25, 0.3) is 0 Å². The summed E-state index contributed by atoms with van der Waals surface area (Å²) >= 11 is 0. The van der Waals surface area contributed by atoms with Crippen LogP contribution >= 0.6 is 0 Å². The first-order chi connectivity index (χ1) is 8.24. The predicted octanol–water partition coefficient (Wildman–Crippen LogP) is 0.592. The van der Waals surface area contributed by atoms with E-state index in [-0.39, 0.29) is 13.0 Å². The van der Waals surface area contributed by atoms with E-state index < -0.39 is 42.8 Å². The normalized spacial score (nSPS) is 20.9. The standard InChI is InChI=1S/C10H13F3N2O3/c1-2-6-9(18)14-7(16)5-15(6)8(17)3-4-10(11,12)13/h6H,2-5H2,1H3,(H,14,16,18). The number of imide groups is 1. The van der Waals surface area contributed by atoms with Gasteiger partial charge in [0, 0.05) is 6.42 Å². The predicted molar refractivity (Wildman–Crippen MR) is 54.2 cm³/mol. The molecule has 1 aliphatic rings. The monoisotopic (exact) mass is 266 g/mol. The topological polar surface area (TPSA) is 66.5 Å². The van der Waals surface area contributed by atoms with Gasteiger partial charge in [-0.05, 0) is 6.42 Å². The van der Waals surface area contributed by atoms with Crippen LogP contribution < -0.4 is 5.32 Å². The smallest absolute Gasteiger partial charge is 0.321 e. The second kappa shape index (κ2) is 5.36. The van der Waals surface area contributed by atoms with Crippen molar-refractivity contribution in [3.05, 3.63) is 0 Å². The number of hydrogen-bond acceptors (Lipinski definition) is 3. The Kier molecular flexibility index (Phi) is 4.31. The molecule has 1 saturated heterocycles. The van der Waals surface area contributed by atoms with E-state index in [4.69, 9.17) is 0 Å². The van der Waals surface area contributed by atoms with Crippen LogP contribution in [0.3, 0.4) is 0 Å². The Morgan fingerprint density at radius 2 is 2.06 bits per heavy atom. The minimum absolute atomic E-state index is 0.247. The molecule has 5 nitrogen and oxygen atoms in total. The van der Waals surface area contributed by atoms with Crippen molar-refractivity contribution in [2.24, 2.45) is 0 Å². The Hall–Kier alpha value is -1.60. The Bertz CT molecular complexity index is 368. The van der Waals surface area contributed by atoms with Crippen molar-refractivity contribution in [3.63, 3.8) is 0 Å². The molecule has 0 bridgehead atoms. The number of alkyl halides is 3. The van der Waals surface area contributed by atoms with Crippen LogP contribution in [0.15, 0.2) is 0 Å². The number of nitrogens with one attached hydrogen (secondary N) is 1. The van der Waals surface area contributed by atoms with E-state index in [9.17, 15) is 27.6 Å². The Morgan fingerprint density at radius 1 is 1.44 bits per heavy atom. The average molecular weight is 266 g/mol. The van der Waals surface area contributed by atoms with Gasteiger partial charge in [-0.3, -0.25) is 19.7 Å². The lowest BCUT2D eigenvalue weighted by atomic mass is 10.1. The van der Waals surface area contributed by atoms with Gasteiger partial charge in [0.2, 0.25) is 17.7 Å². The van der Waals surface area contributed by atoms with Gasteiger partial charge in [-0.15, -0.1) is 0 Å². The molecule has 102 valence electrons. The summed E-state index contributed by atoms with van der Waals surface area (Å²) in [6.07, 6.45) is -6.19. The molecule has 0 spiro atoms. The molecule has 0 aromatic heterocycles. The molecule has 1 N–H and O–H groups in total. The van der Waals surface area contributed by atoms with Crippen molar-refractivity contribution in [2.75, 3.05) is 6.54 Å². The second-order valence-corrected chi connectivity index (χ2v) is 3.97. The summed E-state index contributed by atoms with van der Waals surface area (Å²) in [6, 6.07) is -0.872. The fourth-order valence-electron chi connectivity index (χ4n) is 1.73. The van der Waals surface area contributed by atoms with Gasteiger partial charge in [-0.25, -0.2) is 0 Å². The summed E-state index contributed by atoms with van der Waals surface area (Å²) in [5.74, 6) is -2.15. The second-order valence-electron chi connectivity index (χ2n) is 3.97. The van der Waals surface area contributed by atoms with Gasteiger partial charge in [0.05, 0.1) is 6.42 Å². The number of rotatable bonds is 3. The van der Waals surface area contributed by atoms with Crippen LogP contribution in [0.4, 0.5) is 13.2 Å². The van der Waals surface area contributed by atoms with E-state index in [0.29, 0.717) is 0 Å². The summed E-state index contributed by atoms with van der Waals surface area (Å²) < 4.78 is 36.0. The minimum Gasteiger partial charge on any atom is -0.321 e. The zero-order chi connectivity index (χ0) is 13.9. The number of carbonyl (C=O) groups is 3. The highest BCUT2D eigenvalue weighted by atomic mass is 19.4. The lowest BCUT2D eigenvalue weighted by Crippen LogP contribution is -2.59. The quantitative estimate of drug-likeness (QED) is 0.760. The van der Waals surface area contributed by atoms with Crippen molar-refractivity contribution >= 4 is 17.7 Å². The molecule has 1 aliphatic heterocycles. The summed E-state index contributed by atoms with van der Waals surface area (Å²) in [7, 11) is 0. The third-order valence-corrected chi connectivity index (χ3v) is 2.58. The number of piperazine rings is 1. The summed E-state index contributed by atoms with van der Waals surface area (Å²) in [4.78, 5) is 35.0. The van der Waals surface area contributed by atoms with Crippen LogP contribution in [0.25, 0.3) is 0 Å². The number of amides is 3. The van der Waals surface area contributed by atoms with Gasteiger partial charge in [-0.1, -0.05) is 6.92 Å². The molecule has 0 radical (unpaired) electrons. The molecule has 8 heteroatoms. The maximum Gasteiger partial charge on any atom is 0.389 e. The molecule has 18 heavy (non-hydrogen) atoms. The molecule has 0 aromatic carbocycles. The highest BCUT2D eigenvalue weighted by Gasteiger charge is 2.37. The van der Waals surface area contributed by atoms with E-state index in [1.54, 1.807) is 6.92 Å². The Morgan fingerprint density at radius 3 is 2.56 bits per heavy atom. The van der Waals surface area contributed by atoms with E-state index in [2.05, 4.69) is 0 Å². The number of carbonyl (C=O) groups excluding carboxylic acids is 3. The van der Waals surface area contributed by atoms with Gasteiger partial charge in [0.15, 0.2) is 0 Å². The molecule has 1 rings (SSSR count). The minimum atomic E-state index is -4.43. The van der Waals surface area contributed by atoms with Gasteiger partial charge < -0.3 is 4.90 Å². The highest BCUT2D eigenvalue weighted by molar-refractivity contribution is 6.04. The molecular formula is C10H13F3N2O3. The third kappa shape index (κ3) is 3.71. The molecule has 1 atom stereocenters. The zero-order valence-corrected chi connectivity index (χ0v) is 9.71. The Labute approximate surface area is 101 Å². The first-order valence-corrected chi connectivity index (χ1v) is 5.44. The molecule has 1 fully saturated rings. The first kappa shape index (κ1) is 14.5. The summed E-state index contributed by atoms with van der Waals surface area (Å²) in [5.41, 5.74) is 0. The van der Waals surface area contributed by atoms with Crippen LogP contribution in [-0.4, -0.2) is 41.4 Å². The number of nitrogens with zero attached hydrogens (tertiary/aromatic N) is 1. The molecule has 0 aliphatic carbocycles. The number of hydrogen-bond donors (Lipinski definition) is 1. The SMILES string of the molecule is CCC1C(=O)NC(=O)CN1C(=O)CCC(F)(F)F. The molecule has 0 saturated carbocycles. The average Bonchev–Trinajstić information content (AvgIpc) is 2.24. The largest absolute Gasteiger partial charge is 0.389 e. The lowest BCUT2D eigenvalue weighted by molar-refractivity contribution is -0.156. The summed E-state index contributed by atoms with van der Waals surface area (Å²) in [5, 5.41) is 2.04.